The van der Waals surface area contributed by atoms with Crippen LogP contribution in [0.3, 0.4) is 0 Å². The van der Waals surface area contributed by atoms with E-state index in [-0.39, 0.29) is 29.5 Å². The lowest BCUT2D eigenvalue weighted by atomic mass is 9.98. The van der Waals surface area contributed by atoms with Gasteiger partial charge in [-0.15, -0.1) is 0 Å². The van der Waals surface area contributed by atoms with Crippen LogP contribution in [-0.2, 0) is 23.7 Å². The summed E-state index contributed by atoms with van der Waals surface area (Å²) >= 11 is 0. The molecule has 0 saturated carbocycles. The topological polar surface area (TPSA) is 96.7 Å². The van der Waals surface area contributed by atoms with E-state index in [1.54, 1.807) is 17.0 Å². The summed E-state index contributed by atoms with van der Waals surface area (Å²) in [4.78, 5) is 53.7. The van der Waals surface area contributed by atoms with Gasteiger partial charge in [-0.05, 0) is 24.3 Å². The Kier molecular flexibility index (Phi) is 4.92. The Balaban J connectivity index is 1.47. The molecule has 1 unspecified atom stereocenters. The molecule has 1 aromatic heterocycles. The molecule has 2 amide bonds. The highest BCUT2D eigenvalue weighted by Crippen LogP contribution is 2.31. The molecule has 30 heavy (non-hydrogen) atoms. The van der Waals surface area contributed by atoms with Crippen LogP contribution in [0.25, 0.3) is 0 Å². The normalized spacial score (nSPS) is 18.4. The summed E-state index contributed by atoms with van der Waals surface area (Å²) in [5.74, 6) is -1.74. The van der Waals surface area contributed by atoms with Gasteiger partial charge in [-0.3, -0.25) is 23.5 Å². The summed E-state index contributed by atoms with van der Waals surface area (Å²) in [5, 5.41) is 2.57. The van der Waals surface area contributed by atoms with Gasteiger partial charge in [0.25, 0.3) is 5.56 Å². The van der Waals surface area contributed by atoms with E-state index < -0.39 is 23.1 Å². The largest absolute Gasteiger partial charge is 0.368 e. The van der Waals surface area contributed by atoms with Gasteiger partial charge in [0.05, 0.1) is 11.5 Å². The van der Waals surface area contributed by atoms with Crippen molar-refractivity contribution in [3.63, 3.8) is 0 Å². The summed E-state index contributed by atoms with van der Waals surface area (Å²) in [5.41, 5.74) is -0.0618. The zero-order valence-electron chi connectivity index (χ0n) is 16.7. The predicted octanol–water partition coefficient (Wildman–Crippen LogP) is -0.00230. The van der Waals surface area contributed by atoms with Crippen molar-refractivity contribution in [1.29, 1.82) is 0 Å². The molecule has 0 aliphatic carbocycles. The van der Waals surface area contributed by atoms with Crippen LogP contribution in [-0.4, -0.2) is 52.0 Å². The third-order valence-corrected chi connectivity index (χ3v) is 5.81. The molecule has 3 heterocycles. The van der Waals surface area contributed by atoms with Crippen molar-refractivity contribution >= 4 is 23.3 Å². The number of carbonyl (C=O) groups excluding carboxylic acids is 2. The summed E-state index contributed by atoms with van der Waals surface area (Å²) < 4.78 is 15.3. The van der Waals surface area contributed by atoms with E-state index >= 15 is 0 Å². The molecule has 2 aliphatic rings. The third kappa shape index (κ3) is 3.27. The first-order valence-corrected chi connectivity index (χ1v) is 9.67. The van der Waals surface area contributed by atoms with Gasteiger partial charge in [-0.2, -0.15) is 0 Å². The molecule has 1 aromatic carbocycles. The number of fused-ring (bicyclic) bond motifs is 1. The standard InChI is InChI=1S/C20H22FN5O4/c1-23-17-16(19(29)24(2)20(23)30)14(18(28)22-17)11-15(27)26-9-7-25(8-10-26)13-5-3-12(21)4-6-13/h3-6,14H,7-11H2,1-2H3,(H,22,28). The van der Waals surface area contributed by atoms with E-state index in [9.17, 15) is 23.6 Å². The first-order valence-electron chi connectivity index (χ1n) is 9.67. The van der Waals surface area contributed by atoms with Crippen LogP contribution < -0.4 is 21.5 Å². The number of nitrogens with zero attached hydrogens (tertiary/aromatic N) is 4. The molecular weight excluding hydrogens is 393 g/mol. The van der Waals surface area contributed by atoms with Gasteiger partial charge in [0.2, 0.25) is 11.8 Å². The second-order valence-electron chi connectivity index (χ2n) is 7.56. The second-order valence-corrected chi connectivity index (χ2v) is 7.56. The van der Waals surface area contributed by atoms with Crippen LogP contribution in [0.5, 0.6) is 0 Å². The zero-order valence-corrected chi connectivity index (χ0v) is 16.7. The maximum Gasteiger partial charge on any atom is 0.332 e. The molecule has 10 heteroatoms. The smallest absolute Gasteiger partial charge is 0.332 e. The van der Waals surface area contributed by atoms with Gasteiger partial charge in [0, 0.05) is 52.4 Å². The number of aromatic nitrogens is 2. The maximum atomic E-state index is 13.1. The van der Waals surface area contributed by atoms with Crippen molar-refractivity contribution in [2.75, 3.05) is 36.4 Å². The molecule has 158 valence electrons. The summed E-state index contributed by atoms with van der Waals surface area (Å²) in [7, 11) is 2.82. The number of benzene rings is 1. The first kappa shape index (κ1) is 19.9. The molecule has 0 radical (unpaired) electrons. The fourth-order valence-corrected chi connectivity index (χ4v) is 4.03. The minimum absolute atomic E-state index is 0.136. The van der Waals surface area contributed by atoms with Crippen LogP contribution in [0.1, 0.15) is 17.9 Å². The molecule has 2 aromatic rings. The molecule has 1 atom stereocenters. The van der Waals surface area contributed by atoms with Crippen molar-refractivity contribution in [3.8, 4) is 0 Å². The quantitative estimate of drug-likeness (QED) is 0.761. The number of hydrogen-bond donors (Lipinski definition) is 1. The molecule has 9 nitrogen and oxygen atoms in total. The predicted molar refractivity (Wildman–Crippen MR) is 108 cm³/mol. The summed E-state index contributed by atoms with van der Waals surface area (Å²) in [6.45, 7) is 2.09. The van der Waals surface area contributed by atoms with Crippen LogP contribution in [0.15, 0.2) is 33.9 Å². The van der Waals surface area contributed by atoms with E-state index in [1.165, 1.54) is 30.8 Å². The number of carbonyl (C=O) groups is 2. The minimum atomic E-state index is -0.923. The Hall–Kier alpha value is -3.43. The lowest BCUT2D eigenvalue weighted by molar-refractivity contribution is -0.133. The van der Waals surface area contributed by atoms with Gasteiger partial charge >= 0.3 is 5.69 Å². The number of anilines is 2. The highest BCUT2D eigenvalue weighted by atomic mass is 19.1. The number of piperazine rings is 1. The van der Waals surface area contributed by atoms with E-state index in [1.807, 2.05) is 0 Å². The number of hydrogen-bond acceptors (Lipinski definition) is 5. The van der Waals surface area contributed by atoms with Crippen LogP contribution >= 0.6 is 0 Å². The molecule has 0 spiro atoms. The van der Waals surface area contributed by atoms with Gasteiger partial charge in [-0.1, -0.05) is 0 Å². The molecule has 1 saturated heterocycles. The van der Waals surface area contributed by atoms with Crippen LogP contribution in [0, 0.1) is 5.82 Å². The fourth-order valence-electron chi connectivity index (χ4n) is 4.03. The average molecular weight is 415 g/mol. The van der Waals surface area contributed by atoms with Crippen molar-refractivity contribution in [2.24, 2.45) is 14.1 Å². The Morgan fingerprint density at radius 2 is 1.67 bits per heavy atom. The average Bonchev–Trinajstić information content (AvgIpc) is 3.07. The second kappa shape index (κ2) is 7.43. The van der Waals surface area contributed by atoms with Gasteiger partial charge in [-0.25, -0.2) is 9.18 Å². The molecule has 2 aliphatic heterocycles. The van der Waals surface area contributed by atoms with Crippen molar-refractivity contribution < 1.29 is 14.0 Å². The van der Waals surface area contributed by atoms with Crippen LogP contribution in [0.4, 0.5) is 15.9 Å². The van der Waals surface area contributed by atoms with Crippen LogP contribution in [0.2, 0.25) is 0 Å². The van der Waals surface area contributed by atoms with Crippen molar-refractivity contribution in [2.45, 2.75) is 12.3 Å². The molecule has 4 rings (SSSR count). The van der Waals surface area contributed by atoms with E-state index in [0.717, 1.165) is 10.3 Å². The van der Waals surface area contributed by atoms with Gasteiger partial charge < -0.3 is 15.1 Å². The summed E-state index contributed by atoms with van der Waals surface area (Å²) in [6.07, 6.45) is -0.136. The Morgan fingerprint density at radius 1 is 1.03 bits per heavy atom. The Morgan fingerprint density at radius 3 is 2.30 bits per heavy atom. The van der Waals surface area contributed by atoms with E-state index in [2.05, 4.69) is 10.2 Å². The van der Waals surface area contributed by atoms with Gasteiger partial charge in [0.1, 0.15) is 11.6 Å². The Labute approximate surface area is 171 Å². The van der Waals surface area contributed by atoms with E-state index in [0.29, 0.717) is 26.2 Å². The SMILES string of the molecule is Cn1c2c(c(=O)n(C)c1=O)C(CC(=O)N1CCN(c3ccc(F)cc3)CC1)C(=O)N2. The monoisotopic (exact) mass is 415 g/mol. The highest BCUT2D eigenvalue weighted by molar-refractivity contribution is 6.04. The van der Waals surface area contributed by atoms with Crippen molar-refractivity contribution in [1.82, 2.24) is 14.0 Å². The summed E-state index contributed by atoms with van der Waals surface area (Å²) in [6, 6.07) is 6.20. The number of halogens is 1. The zero-order chi connectivity index (χ0) is 21.6. The third-order valence-electron chi connectivity index (χ3n) is 5.81. The lowest BCUT2D eigenvalue weighted by Gasteiger charge is -2.36. The Bertz CT molecular complexity index is 1130. The maximum absolute atomic E-state index is 13.1. The minimum Gasteiger partial charge on any atom is -0.368 e. The molecular formula is C20H22FN5O4. The molecule has 0 bridgehead atoms. The van der Waals surface area contributed by atoms with E-state index in [4.69, 9.17) is 0 Å². The first-order chi connectivity index (χ1) is 14.3. The lowest BCUT2D eigenvalue weighted by Crippen LogP contribution is -2.49. The number of rotatable bonds is 3. The highest BCUT2D eigenvalue weighted by Gasteiger charge is 2.38. The molecule has 1 N–H and O–H groups in total. The molecule has 1 fully saturated rings. The van der Waals surface area contributed by atoms with Gasteiger partial charge in [0.15, 0.2) is 0 Å². The van der Waals surface area contributed by atoms with Crippen molar-refractivity contribution in [3.05, 3.63) is 56.5 Å². The number of amides is 2. The number of nitrogens with one attached hydrogen (secondary N) is 1. The fraction of sp³-hybridized carbons (Fsp3) is 0.400.